The standard InChI is InChI=1S/C19H20N2O3S/c1-19(2,3)23-15(22)10-14-16(12-6-4-5-7-13(12)25-14)18-20-17(21-24-18)11-8-9-11/h4-7,11H,8-10H2,1-3H3. The first-order chi connectivity index (χ1) is 11.9. The molecule has 0 saturated heterocycles. The zero-order valence-corrected chi connectivity index (χ0v) is 15.4. The maximum absolute atomic E-state index is 12.3. The van der Waals surface area contributed by atoms with E-state index in [9.17, 15) is 4.79 Å². The first kappa shape index (κ1) is 16.3. The number of carbonyl (C=O) groups excluding carboxylic acids is 1. The van der Waals surface area contributed by atoms with Crippen molar-refractivity contribution in [2.45, 2.75) is 51.6 Å². The van der Waals surface area contributed by atoms with Gasteiger partial charge in [0, 0.05) is 20.9 Å². The molecule has 1 aliphatic rings. The molecular weight excluding hydrogens is 336 g/mol. The number of ether oxygens (including phenoxy) is 1. The van der Waals surface area contributed by atoms with Crippen LogP contribution in [0.25, 0.3) is 21.5 Å². The van der Waals surface area contributed by atoms with Crippen molar-refractivity contribution in [3.05, 3.63) is 35.0 Å². The van der Waals surface area contributed by atoms with E-state index in [2.05, 4.69) is 10.1 Å². The Bertz CT molecular complexity index is 932. The van der Waals surface area contributed by atoms with Gasteiger partial charge in [-0.1, -0.05) is 23.4 Å². The molecule has 4 rings (SSSR count). The van der Waals surface area contributed by atoms with Crippen molar-refractivity contribution < 1.29 is 14.1 Å². The number of thiophene rings is 1. The molecule has 6 heteroatoms. The van der Waals surface area contributed by atoms with Gasteiger partial charge in [-0.05, 0) is 39.7 Å². The van der Waals surface area contributed by atoms with Crippen LogP contribution in [0.1, 0.15) is 50.2 Å². The molecule has 5 nitrogen and oxygen atoms in total. The van der Waals surface area contributed by atoms with Crippen LogP contribution in [0.2, 0.25) is 0 Å². The zero-order valence-electron chi connectivity index (χ0n) is 14.5. The number of aromatic nitrogens is 2. The molecule has 130 valence electrons. The van der Waals surface area contributed by atoms with Gasteiger partial charge in [0.1, 0.15) is 5.60 Å². The summed E-state index contributed by atoms with van der Waals surface area (Å²) in [5.74, 6) is 1.45. The van der Waals surface area contributed by atoms with Gasteiger partial charge in [-0.25, -0.2) is 0 Å². The molecule has 0 spiro atoms. The average molecular weight is 356 g/mol. The highest BCUT2D eigenvalue weighted by Crippen LogP contribution is 2.42. The molecule has 0 radical (unpaired) electrons. The fourth-order valence-corrected chi connectivity index (χ4v) is 3.99. The van der Waals surface area contributed by atoms with Crippen LogP contribution in [-0.2, 0) is 16.0 Å². The van der Waals surface area contributed by atoms with E-state index in [0.717, 1.165) is 39.2 Å². The Kier molecular flexibility index (Phi) is 3.87. The number of hydrogen-bond acceptors (Lipinski definition) is 6. The van der Waals surface area contributed by atoms with Crippen molar-refractivity contribution in [1.29, 1.82) is 0 Å². The molecule has 0 unspecified atom stereocenters. The number of hydrogen-bond donors (Lipinski definition) is 0. The Hall–Kier alpha value is -2.21. The lowest BCUT2D eigenvalue weighted by molar-refractivity contribution is -0.153. The van der Waals surface area contributed by atoms with Gasteiger partial charge >= 0.3 is 5.97 Å². The van der Waals surface area contributed by atoms with E-state index in [1.165, 1.54) is 0 Å². The third kappa shape index (κ3) is 3.44. The van der Waals surface area contributed by atoms with E-state index < -0.39 is 5.60 Å². The van der Waals surface area contributed by atoms with Crippen LogP contribution in [0.3, 0.4) is 0 Å². The summed E-state index contributed by atoms with van der Waals surface area (Å²) in [4.78, 5) is 17.8. The molecule has 3 aromatic rings. The number of esters is 1. The summed E-state index contributed by atoms with van der Waals surface area (Å²) >= 11 is 1.58. The highest BCUT2D eigenvalue weighted by Gasteiger charge is 2.30. The van der Waals surface area contributed by atoms with Crippen LogP contribution in [0, 0.1) is 0 Å². The molecule has 0 aliphatic heterocycles. The van der Waals surface area contributed by atoms with Gasteiger partial charge in [0.25, 0.3) is 5.89 Å². The van der Waals surface area contributed by atoms with Gasteiger partial charge in [0.15, 0.2) is 5.82 Å². The van der Waals surface area contributed by atoms with Crippen LogP contribution in [0.4, 0.5) is 0 Å². The molecule has 0 amide bonds. The highest BCUT2D eigenvalue weighted by atomic mass is 32.1. The second-order valence-corrected chi connectivity index (χ2v) is 8.53. The first-order valence-corrected chi connectivity index (χ1v) is 9.28. The molecule has 2 heterocycles. The Morgan fingerprint density at radius 2 is 2.08 bits per heavy atom. The van der Waals surface area contributed by atoms with E-state index in [1.807, 2.05) is 45.0 Å². The Labute approximate surface area is 150 Å². The monoisotopic (exact) mass is 356 g/mol. The highest BCUT2D eigenvalue weighted by molar-refractivity contribution is 7.19. The van der Waals surface area contributed by atoms with E-state index in [0.29, 0.717) is 11.8 Å². The largest absolute Gasteiger partial charge is 0.460 e. The Balaban J connectivity index is 1.73. The predicted molar refractivity (Wildman–Crippen MR) is 96.6 cm³/mol. The molecule has 0 N–H and O–H groups in total. The van der Waals surface area contributed by atoms with E-state index in [-0.39, 0.29) is 12.4 Å². The molecule has 25 heavy (non-hydrogen) atoms. The average Bonchev–Trinajstić information content (AvgIpc) is 3.14. The number of fused-ring (bicyclic) bond motifs is 1. The number of rotatable bonds is 4. The molecule has 0 bridgehead atoms. The fourth-order valence-electron chi connectivity index (χ4n) is 2.81. The van der Waals surface area contributed by atoms with Gasteiger partial charge in [-0.15, -0.1) is 11.3 Å². The maximum atomic E-state index is 12.3. The lowest BCUT2D eigenvalue weighted by atomic mass is 10.1. The summed E-state index contributed by atoms with van der Waals surface area (Å²) in [6.45, 7) is 5.62. The molecular formula is C19H20N2O3S. The van der Waals surface area contributed by atoms with Crippen LogP contribution in [0.15, 0.2) is 28.8 Å². The lowest BCUT2D eigenvalue weighted by Crippen LogP contribution is -2.24. The molecule has 1 aliphatic carbocycles. The van der Waals surface area contributed by atoms with Gasteiger partial charge in [-0.3, -0.25) is 4.79 Å². The third-order valence-electron chi connectivity index (χ3n) is 3.99. The van der Waals surface area contributed by atoms with Crippen LogP contribution in [-0.4, -0.2) is 21.7 Å². The minimum atomic E-state index is -0.502. The Morgan fingerprint density at radius 1 is 1.32 bits per heavy atom. The summed E-state index contributed by atoms with van der Waals surface area (Å²) < 4.78 is 12.1. The van der Waals surface area contributed by atoms with Gasteiger partial charge in [0.05, 0.1) is 12.0 Å². The van der Waals surface area contributed by atoms with Gasteiger partial charge in [-0.2, -0.15) is 4.98 Å². The molecule has 2 aromatic heterocycles. The SMILES string of the molecule is CC(C)(C)OC(=O)Cc1sc2ccccc2c1-c1nc(C2CC2)no1. The van der Waals surface area contributed by atoms with Crippen LogP contribution >= 0.6 is 11.3 Å². The predicted octanol–water partition coefficient (Wildman–Crippen LogP) is 4.71. The van der Waals surface area contributed by atoms with E-state index in [4.69, 9.17) is 9.26 Å². The number of benzene rings is 1. The normalized spacial score (nSPS) is 14.8. The van der Waals surface area contributed by atoms with Crippen molar-refractivity contribution in [3.8, 4) is 11.5 Å². The number of nitrogens with zero attached hydrogens (tertiary/aromatic N) is 2. The van der Waals surface area contributed by atoms with Crippen molar-refractivity contribution in [2.75, 3.05) is 0 Å². The van der Waals surface area contributed by atoms with Gasteiger partial charge < -0.3 is 9.26 Å². The zero-order chi connectivity index (χ0) is 17.6. The maximum Gasteiger partial charge on any atom is 0.311 e. The van der Waals surface area contributed by atoms with E-state index >= 15 is 0 Å². The third-order valence-corrected chi connectivity index (χ3v) is 5.16. The van der Waals surface area contributed by atoms with Crippen LogP contribution in [0.5, 0.6) is 0 Å². The minimum Gasteiger partial charge on any atom is -0.460 e. The summed E-state index contributed by atoms with van der Waals surface area (Å²) in [6, 6.07) is 8.04. The first-order valence-electron chi connectivity index (χ1n) is 8.47. The Morgan fingerprint density at radius 3 is 2.80 bits per heavy atom. The topological polar surface area (TPSA) is 65.2 Å². The van der Waals surface area contributed by atoms with Crippen molar-refractivity contribution in [3.63, 3.8) is 0 Å². The van der Waals surface area contributed by atoms with E-state index in [1.54, 1.807) is 11.3 Å². The molecule has 1 saturated carbocycles. The fraction of sp³-hybridized carbons (Fsp3) is 0.421. The molecule has 1 aromatic carbocycles. The summed E-state index contributed by atoms with van der Waals surface area (Å²) in [5.41, 5.74) is 0.364. The molecule has 0 atom stereocenters. The summed E-state index contributed by atoms with van der Waals surface area (Å²) in [5, 5.41) is 5.16. The lowest BCUT2D eigenvalue weighted by Gasteiger charge is -2.19. The van der Waals surface area contributed by atoms with Crippen LogP contribution < -0.4 is 0 Å². The minimum absolute atomic E-state index is 0.201. The second-order valence-electron chi connectivity index (χ2n) is 7.39. The quantitative estimate of drug-likeness (QED) is 0.633. The smallest absolute Gasteiger partial charge is 0.311 e. The summed E-state index contributed by atoms with van der Waals surface area (Å²) in [6.07, 6.45) is 2.44. The van der Waals surface area contributed by atoms with Crippen molar-refractivity contribution in [2.24, 2.45) is 0 Å². The molecule has 1 fully saturated rings. The second kappa shape index (κ2) is 5.95. The number of carbonyl (C=O) groups is 1. The van der Waals surface area contributed by atoms with Crippen molar-refractivity contribution in [1.82, 2.24) is 10.1 Å². The summed E-state index contributed by atoms with van der Waals surface area (Å²) in [7, 11) is 0. The van der Waals surface area contributed by atoms with Gasteiger partial charge in [0.2, 0.25) is 0 Å². The van der Waals surface area contributed by atoms with Crippen molar-refractivity contribution >= 4 is 27.4 Å².